The first-order chi connectivity index (χ1) is 10.2. The Morgan fingerprint density at radius 3 is 2.95 bits per heavy atom. The number of hydrogen-bond donors (Lipinski definition) is 1. The van der Waals surface area contributed by atoms with Crippen molar-refractivity contribution >= 4 is 11.7 Å². The lowest BCUT2D eigenvalue weighted by atomic mass is 9.98. The summed E-state index contributed by atoms with van der Waals surface area (Å²) in [6.07, 6.45) is 6.41. The van der Waals surface area contributed by atoms with Crippen molar-refractivity contribution < 1.29 is 9.53 Å². The van der Waals surface area contributed by atoms with Crippen molar-refractivity contribution in [1.82, 2.24) is 9.88 Å². The van der Waals surface area contributed by atoms with Gasteiger partial charge >= 0.3 is 0 Å². The first-order valence-electron chi connectivity index (χ1n) is 7.78. The predicted octanol–water partition coefficient (Wildman–Crippen LogP) is 2.05. The standard InChI is InChI=1S/C16H23N3O2/c1-13(15(20)18-14-6-2-5-9-17-14)19-10-11-21-16(12-19)7-3-4-8-16/h2,5-6,9,13H,3-4,7-8,10-12H2,1H3,(H,17,18,20)/t13-/m1/s1. The topological polar surface area (TPSA) is 54.5 Å². The van der Waals surface area contributed by atoms with Gasteiger partial charge in [0.05, 0.1) is 18.2 Å². The second-order valence-electron chi connectivity index (χ2n) is 6.09. The molecule has 0 bridgehead atoms. The highest BCUT2D eigenvalue weighted by atomic mass is 16.5. The van der Waals surface area contributed by atoms with Gasteiger partial charge in [-0.25, -0.2) is 4.98 Å². The van der Waals surface area contributed by atoms with Crippen molar-refractivity contribution in [2.75, 3.05) is 25.0 Å². The summed E-state index contributed by atoms with van der Waals surface area (Å²) in [5.41, 5.74) is -0.00220. The lowest BCUT2D eigenvalue weighted by Gasteiger charge is -2.42. The lowest BCUT2D eigenvalue weighted by molar-refractivity contribution is -0.133. The fraction of sp³-hybridized carbons (Fsp3) is 0.625. The van der Waals surface area contributed by atoms with Gasteiger partial charge in [-0.2, -0.15) is 0 Å². The molecule has 1 aromatic rings. The maximum Gasteiger partial charge on any atom is 0.242 e. The lowest BCUT2D eigenvalue weighted by Crippen LogP contribution is -2.55. The van der Waals surface area contributed by atoms with Crippen LogP contribution in [-0.4, -0.2) is 47.1 Å². The molecule has 3 rings (SSSR count). The molecule has 5 heteroatoms. The molecule has 21 heavy (non-hydrogen) atoms. The van der Waals surface area contributed by atoms with E-state index in [0.29, 0.717) is 5.82 Å². The van der Waals surface area contributed by atoms with Gasteiger partial charge in [0.15, 0.2) is 0 Å². The van der Waals surface area contributed by atoms with Gasteiger partial charge < -0.3 is 10.1 Å². The van der Waals surface area contributed by atoms with Crippen LogP contribution in [0, 0.1) is 0 Å². The van der Waals surface area contributed by atoms with Crippen LogP contribution in [0.25, 0.3) is 0 Å². The number of anilines is 1. The van der Waals surface area contributed by atoms with E-state index >= 15 is 0 Å². The molecule has 1 aromatic heterocycles. The van der Waals surface area contributed by atoms with E-state index in [1.54, 1.807) is 6.20 Å². The van der Waals surface area contributed by atoms with Gasteiger partial charge in [0.1, 0.15) is 5.82 Å². The molecule has 114 valence electrons. The Balaban J connectivity index is 1.61. The van der Waals surface area contributed by atoms with Crippen LogP contribution in [0.3, 0.4) is 0 Å². The van der Waals surface area contributed by atoms with Crippen LogP contribution in [0.1, 0.15) is 32.6 Å². The zero-order valence-corrected chi connectivity index (χ0v) is 12.5. The number of nitrogens with one attached hydrogen (secondary N) is 1. The van der Waals surface area contributed by atoms with Crippen molar-refractivity contribution in [3.05, 3.63) is 24.4 Å². The number of hydrogen-bond acceptors (Lipinski definition) is 4. The smallest absolute Gasteiger partial charge is 0.242 e. The molecule has 1 spiro atoms. The molecule has 1 aliphatic heterocycles. The van der Waals surface area contributed by atoms with Gasteiger partial charge in [0.25, 0.3) is 0 Å². The molecule has 1 amide bonds. The Kier molecular flexibility index (Phi) is 4.22. The third kappa shape index (κ3) is 3.24. The zero-order valence-electron chi connectivity index (χ0n) is 12.5. The van der Waals surface area contributed by atoms with Crippen molar-refractivity contribution in [2.24, 2.45) is 0 Å². The van der Waals surface area contributed by atoms with E-state index in [2.05, 4.69) is 15.2 Å². The summed E-state index contributed by atoms with van der Waals surface area (Å²) in [7, 11) is 0. The second-order valence-corrected chi connectivity index (χ2v) is 6.09. The summed E-state index contributed by atoms with van der Waals surface area (Å²) < 4.78 is 6.02. The van der Waals surface area contributed by atoms with Crippen LogP contribution >= 0.6 is 0 Å². The summed E-state index contributed by atoms with van der Waals surface area (Å²) in [5.74, 6) is 0.613. The van der Waals surface area contributed by atoms with Crippen molar-refractivity contribution in [3.8, 4) is 0 Å². The molecule has 2 fully saturated rings. The molecule has 2 aliphatic rings. The molecule has 2 heterocycles. The van der Waals surface area contributed by atoms with Gasteiger partial charge in [-0.05, 0) is 31.9 Å². The Labute approximate surface area is 125 Å². The SMILES string of the molecule is C[C@H](C(=O)Nc1ccccn1)N1CCOC2(CCCC2)C1. The minimum absolute atomic E-state index is 0.00220. The monoisotopic (exact) mass is 289 g/mol. The number of amides is 1. The molecule has 0 radical (unpaired) electrons. The summed E-state index contributed by atoms with van der Waals surface area (Å²) >= 11 is 0. The molecule has 1 saturated heterocycles. The van der Waals surface area contributed by atoms with E-state index in [4.69, 9.17) is 4.74 Å². The molecule has 0 unspecified atom stereocenters. The highest BCUT2D eigenvalue weighted by Gasteiger charge is 2.41. The number of rotatable bonds is 3. The number of carbonyl (C=O) groups excluding carboxylic acids is 1. The van der Waals surface area contributed by atoms with Gasteiger partial charge in [0.2, 0.25) is 5.91 Å². The van der Waals surface area contributed by atoms with Crippen molar-refractivity contribution in [2.45, 2.75) is 44.2 Å². The van der Waals surface area contributed by atoms with E-state index in [-0.39, 0.29) is 17.6 Å². The van der Waals surface area contributed by atoms with Crippen LogP contribution in [0.5, 0.6) is 0 Å². The first-order valence-corrected chi connectivity index (χ1v) is 7.78. The number of aromatic nitrogens is 1. The van der Waals surface area contributed by atoms with Crippen LogP contribution in [0.15, 0.2) is 24.4 Å². The average Bonchev–Trinajstić information content (AvgIpc) is 2.95. The largest absolute Gasteiger partial charge is 0.372 e. The number of pyridine rings is 1. The van der Waals surface area contributed by atoms with E-state index in [9.17, 15) is 4.79 Å². The van der Waals surface area contributed by atoms with Crippen LogP contribution in [-0.2, 0) is 9.53 Å². The number of ether oxygens (including phenoxy) is 1. The Morgan fingerprint density at radius 1 is 1.43 bits per heavy atom. The predicted molar refractivity (Wildman–Crippen MR) is 81.1 cm³/mol. The molecular formula is C16H23N3O2. The number of morpholine rings is 1. The molecule has 1 atom stereocenters. The fourth-order valence-electron chi connectivity index (χ4n) is 3.36. The third-order valence-electron chi connectivity index (χ3n) is 4.64. The maximum absolute atomic E-state index is 12.4. The fourth-order valence-corrected chi connectivity index (χ4v) is 3.36. The minimum atomic E-state index is -0.159. The van der Waals surface area contributed by atoms with E-state index in [0.717, 1.165) is 32.5 Å². The van der Waals surface area contributed by atoms with Crippen LogP contribution in [0.4, 0.5) is 5.82 Å². The highest BCUT2D eigenvalue weighted by molar-refractivity contribution is 5.93. The molecule has 1 aliphatic carbocycles. The quantitative estimate of drug-likeness (QED) is 0.925. The van der Waals surface area contributed by atoms with Crippen LogP contribution in [0.2, 0.25) is 0 Å². The van der Waals surface area contributed by atoms with E-state index < -0.39 is 0 Å². The Morgan fingerprint density at radius 2 is 2.24 bits per heavy atom. The maximum atomic E-state index is 12.4. The van der Waals surface area contributed by atoms with Crippen molar-refractivity contribution in [3.63, 3.8) is 0 Å². The Hall–Kier alpha value is -1.46. The van der Waals surface area contributed by atoms with Gasteiger partial charge in [0, 0.05) is 19.3 Å². The van der Waals surface area contributed by atoms with Gasteiger partial charge in [-0.1, -0.05) is 18.9 Å². The van der Waals surface area contributed by atoms with Gasteiger partial charge in [-0.3, -0.25) is 9.69 Å². The molecule has 5 nitrogen and oxygen atoms in total. The molecular weight excluding hydrogens is 266 g/mol. The first kappa shape index (κ1) is 14.5. The van der Waals surface area contributed by atoms with Crippen molar-refractivity contribution in [1.29, 1.82) is 0 Å². The van der Waals surface area contributed by atoms with Crippen LogP contribution < -0.4 is 5.32 Å². The normalized spacial score (nSPS) is 23.1. The average molecular weight is 289 g/mol. The highest BCUT2D eigenvalue weighted by Crippen LogP contribution is 2.36. The summed E-state index contributed by atoms with van der Waals surface area (Å²) in [5, 5.41) is 2.89. The number of carbonyl (C=O) groups is 1. The summed E-state index contributed by atoms with van der Waals surface area (Å²) in [4.78, 5) is 18.8. The summed E-state index contributed by atoms with van der Waals surface area (Å²) in [6, 6.07) is 5.36. The van der Waals surface area contributed by atoms with Gasteiger partial charge in [-0.15, -0.1) is 0 Å². The third-order valence-corrected chi connectivity index (χ3v) is 4.64. The summed E-state index contributed by atoms with van der Waals surface area (Å²) in [6.45, 7) is 4.37. The second kappa shape index (κ2) is 6.12. The molecule has 1 N–H and O–H groups in total. The van der Waals surface area contributed by atoms with E-state index in [1.165, 1.54) is 12.8 Å². The molecule has 0 aromatic carbocycles. The molecule has 1 saturated carbocycles. The zero-order chi connectivity index (χ0) is 14.7. The minimum Gasteiger partial charge on any atom is -0.372 e. The Bertz CT molecular complexity index is 486. The van der Waals surface area contributed by atoms with E-state index in [1.807, 2.05) is 25.1 Å². The number of nitrogens with zero attached hydrogens (tertiary/aromatic N) is 2.